The Morgan fingerprint density at radius 2 is 1.32 bits per heavy atom. The lowest BCUT2D eigenvalue weighted by Gasteiger charge is -2.29. The van der Waals surface area contributed by atoms with E-state index < -0.39 is 41.4 Å². The molecule has 2 atom stereocenters. The summed E-state index contributed by atoms with van der Waals surface area (Å²) in [5, 5.41) is 24.9. The molecule has 12 heteroatoms. The highest BCUT2D eigenvalue weighted by Gasteiger charge is 2.34. The minimum Gasteiger partial charge on any atom is -0.618 e. The van der Waals surface area contributed by atoms with Crippen molar-refractivity contribution in [2.75, 3.05) is 35.5 Å². The van der Waals surface area contributed by atoms with Crippen LogP contribution in [0.3, 0.4) is 0 Å². The number of esters is 1. The van der Waals surface area contributed by atoms with Crippen molar-refractivity contribution in [3.63, 3.8) is 0 Å². The monoisotopic (exact) mass is 570 g/mol. The van der Waals surface area contributed by atoms with Gasteiger partial charge in [0.25, 0.3) is 0 Å². The molecule has 0 saturated carbocycles. The fraction of sp³-hybridized carbons (Fsp3) is 0.345. The van der Waals surface area contributed by atoms with Gasteiger partial charge >= 0.3 is 17.6 Å². The largest absolute Gasteiger partial charge is 0.618 e. The van der Waals surface area contributed by atoms with E-state index in [1.807, 2.05) is 0 Å². The standard InChI is InChI=1S/C29H34N2O10/c1-16(30-28(33)26-27(32)24(40-7)12-13-31(26)35)29(34)41-17(2)25(20-14-18(36-3)8-10-22(20)38-5)21-15-19(37-4)9-11-23(21)39-6/h8-17,25,32H,1-7H3,(H,30,33)/t16-,17-/m0/s1. The first-order valence-corrected chi connectivity index (χ1v) is 12.5. The van der Waals surface area contributed by atoms with E-state index in [0.717, 1.165) is 6.20 Å². The molecule has 1 amide bonds. The summed E-state index contributed by atoms with van der Waals surface area (Å²) in [6, 6.07) is 10.5. The number of ether oxygens (including phenoxy) is 6. The van der Waals surface area contributed by atoms with Crippen molar-refractivity contribution in [3.05, 3.63) is 70.7 Å². The zero-order valence-electron chi connectivity index (χ0n) is 23.9. The molecular formula is C29H34N2O10. The van der Waals surface area contributed by atoms with Crippen LogP contribution >= 0.6 is 0 Å². The summed E-state index contributed by atoms with van der Waals surface area (Å²) < 4.78 is 33.1. The fourth-order valence-electron chi connectivity index (χ4n) is 4.40. The number of amides is 1. The molecule has 0 radical (unpaired) electrons. The quantitative estimate of drug-likeness (QED) is 0.189. The molecule has 1 aromatic heterocycles. The Balaban J connectivity index is 1.97. The second kappa shape index (κ2) is 13.5. The van der Waals surface area contributed by atoms with Gasteiger partial charge in [0.2, 0.25) is 5.75 Å². The summed E-state index contributed by atoms with van der Waals surface area (Å²) in [6.45, 7) is 3.08. The van der Waals surface area contributed by atoms with Gasteiger partial charge < -0.3 is 44.1 Å². The van der Waals surface area contributed by atoms with Gasteiger partial charge in [-0.25, -0.2) is 4.79 Å². The fourth-order valence-corrected chi connectivity index (χ4v) is 4.40. The van der Waals surface area contributed by atoms with Crippen LogP contribution in [-0.4, -0.2) is 64.7 Å². The van der Waals surface area contributed by atoms with Gasteiger partial charge in [-0.2, -0.15) is 4.73 Å². The maximum absolute atomic E-state index is 13.2. The van der Waals surface area contributed by atoms with E-state index >= 15 is 0 Å². The minimum atomic E-state index is -1.20. The van der Waals surface area contributed by atoms with Crippen LogP contribution in [0.25, 0.3) is 0 Å². The van der Waals surface area contributed by atoms with Gasteiger partial charge in [-0.3, -0.25) is 4.79 Å². The number of aromatic hydroxyl groups is 1. The number of methoxy groups -OCH3 is 5. The molecule has 41 heavy (non-hydrogen) atoms. The Morgan fingerprint density at radius 1 is 0.805 bits per heavy atom. The summed E-state index contributed by atoms with van der Waals surface area (Å²) in [7, 11) is 7.39. The molecule has 3 aromatic rings. The Labute approximate surface area is 237 Å². The molecule has 0 fully saturated rings. The number of hydrogen-bond donors (Lipinski definition) is 2. The number of nitrogens with one attached hydrogen (secondary N) is 1. The van der Waals surface area contributed by atoms with E-state index in [1.165, 1.54) is 48.5 Å². The summed E-state index contributed by atoms with van der Waals surface area (Å²) in [6.07, 6.45) is 0.171. The van der Waals surface area contributed by atoms with Crippen LogP contribution in [0, 0.1) is 5.21 Å². The normalized spacial score (nSPS) is 12.2. The van der Waals surface area contributed by atoms with Gasteiger partial charge in [0.15, 0.2) is 11.9 Å². The number of carbonyl (C=O) groups is 2. The lowest BCUT2D eigenvalue weighted by atomic mass is 9.85. The summed E-state index contributed by atoms with van der Waals surface area (Å²) in [5.41, 5.74) is 0.658. The van der Waals surface area contributed by atoms with Crippen LogP contribution < -0.4 is 33.7 Å². The molecule has 12 nitrogen and oxygen atoms in total. The topological polar surface area (TPSA) is 149 Å². The molecule has 0 bridgehead atoms. The van der Waals surface area contributed by atoms with E-state index in [4.69, 9.17) is 28.4 Å². The van der Waals surface area contributed by atoms with Crippen molar-refractivity contribution in [1.29, 1.82) is 0 Å². The molecule has 0 aliphatic rings. The highest BCUT2D eigenvalue weighted by atomic mass is 16.5. The first-order valence-electron chi connectivity index (χ1n) is 12.5. The summed E-state index contributed by atoms with van der Waals surface area (Å²) in [4.78, 5) is 26.0. The van der Waals surface area contributed by atoms with Crippen LogP contribution in [0.15, 0.2) is 48.7 Å². The van der Waals surface area contributed by atoms with Gasteiger partial charge in [0, 0.05) is 17.2 Å². The smallest absolute Gasteiger partial charge is 0.328 e. The molecule has 0 aliphatic carbocycles. The lowest BCUT2D eigenvalue weighted by Crippen LogP contribution is -2.46. The average Bonchev–Trinajstić information content (AvgIpc) is 2.97. The molecule has 2 aromatic carbocycles. The summed E-state index contributed by atoms with van der Waals surface area (Å²) >= 11 is 0. The van der Waals surface area contributed by atoms with E-state index in [2.05, 4.69) is 5.32 Å². The van der Waals surface area contributed by atoms with Gasteiger partial charge in [-0.05, 0) is 50.2 Å². The van der Waals surface area contributed by atoms with Gasteiger partial charge in [-0.15, -0.1) is 0 Å². The predicted molar refractivity (Wildman–Crippen MR) is 147 cm³/mol. The van der Waals surface area contributed by atoms with Crippen LogP contribution in [0.1, 0.15) is 41.4 Å². The van der Waals surface area contributed by atoms with Gasteiger partial charge in [-0.1, -0.05) is 0 Å². The molecule has 1 heterocycles. The Kier molecular flexibility index (Phi) is 10.1. The van der Waals surface area contributed by atoms with Crippen molar-refractivity contribution in [2.45, 2.75) is 31.9 Å². The highest BCUT2D eigenvalue weighted by molar-refractivity contribution is 5.96. The average molecular weight is 571 g/mol. The summed E-state index contributed by atoms with van der Waals surface area (Å²) in [5.74, 6) is -1.03. The van der Waals surface area contributed by atoms with Crippen LogP contribution in [0.4, 0.5) is 0 Å². The zero-order valence-corrected chi connectivity index (χ0v) is 23.9. The number of hydrogen-bond acceptors (Lipinski definition) is 10. The third-order valence-electron chi connectivity index (χ3n) is 6.49. The molecule has 0 saturated heterocycles. The van der Waals surface area contributed by atoms with E-state index in [9.17, 15) is 19.9 Å². The van der Waals surface area contributed by atoms with Gasteiger partial charge in [0.1, 0.15) is 35.1 Å². The number of nitrogens with zero attached hydrogens (tertiary/aromatic N) is 1. The van der Waals surface area contributed by atoms with Gasteiger partial charge in [0.05, 0.1) is 41.5 Å². The maximum atomic E-state index is 13.2. The Hall–Kier alpha value is -4.87. The second-order valence-electron chi connectivity index (χ2n) is 8.94. The highest BCUT2D eigenvalue weighted by Crippen LogP contribution is 2.42. The van der Waals surface area contributed by atoms with Crippen molar-refractivity contribution in [3.8, 4) is 34.5 Å². The predicted octanol–water partition coefficient (Wildman–Crippen LogP) is 2.95. The molecule has 0 spiro atoms. The number of aromatic nitrogens is 1. The SMILES string of the molecule is COc1ccc(OC)c(C(c2cc(OC)ccc2OC)[C@H](C)OC(=O)[C@H](C)NC(=O)c2c(O)c(OC)cc[n+]2[O-])c1. The third kappa shape index (κ3) is 6.65. The van der Waals surface area contributed by atoms with Crippen molar-refractivity contribution < 1.29 is 47.8 Å². The number of pyridine rings is 1. The van der Waals surface area contributed by atoms with Crippen molar-refractivity contribution in [1.82, 2.24) is 5.32 Å². The van der Waals surface area contributed by atoms with Crippen LogP contribution in [0.2, 0.25) is 0 Å². The molecule has 3 rings (SSSR count). The van der Waals surface area contributed by atoms with E-state index in [1.54, 1.807) is 43.3 Å². The van der Waals surface area contributed by atoms with E-state index in [-0.39, 0.29) is 10.5 Å². The molecule has 0 unspecified atom stereocenters. The molecule has 2 N–H and O–H groups in total. The zero-order chi connectivity index (χ0) is 30.3. The van der Waals surface area contributed by atoms with E-state index in [0.29, 0.717) is 34.1 Å². The Bertz CT molecular complexity index is 1340. The second-order valence-corrected chi connectivity index (χ2v) is 8.94. The first kappa shape index (κ1) is 30.7. The molecule has 220 valence electrons. The number of rotatable bonds is 12. The van der Waals surface area contributed by atoms with Crippen LogP contribution in [-0.2, 0) is 9.53 Å². The molecular weight excluding hydrogens is 536 g/mol. The van der Waals surface area contributed by atoms with Crippen molar-refractivity contribution in [2.24, 2.45) is 0 Å². The number of benzene rings is 2. The maximum Gasteiger partial charge on any atom is 0.328 e. The molecule has 0 aliphatic heterocycles. The number of carbonyl (C=O) groups excluding carboxylic acids is 2. The Morgan fingerprint density at radius 3 is 1.78 bits per heavy atom. The first-order chi connectivity index (χ1) is 19.6. The third-order valence-corrected chi connectivity index (χ3v) is 6.49. The van der Waals surface area contributed by atoms with Crippen LogP contribution in [0.5, 0.6) is 34.5 Å². The minimum absolute atomic E-state index is 0.0755. The lowest BCUT2D eigenvalue weighted by molar-refractivity contribution is -0.608. The van der Waals surface area contributed by atoms with Crippen molar-refractivity contribution >= 4 is 11.9 Å².